The van der Waals surface area contributed by atoms with Gasteiger partial charge in [-0.15, -0.1) is 0 Å². The number of hydrogen-bond acceptors (Lipinski definition) is 1. The molecular formula is C9H21N3. The predicted octanol–water partition coefficient (Wildman–Crippen LogP) is 1.49. The van der Waals surface area contributed by atoms with Crippen LogP contribution in [-0.2, 0) is 0 Å². The van der Waals surface area contributed by atoms with Crippen LogP contribution in [0.15, 0.2) is 4.99 Å². The maximum atomic E-state index is 5.52. The molecule has 0 heterocycles. The fourth-order valence-electron chi connectivity index (χ4n) is 1.09. The van der Waals surface area contributed by atoms with Crippen LogP contribution in [0.1, 0.15) is 39.5 Å². The number of hydrogen-bond donors (Lipinski definition) is 2. The number of rotatable bonds is 5. The lowest BCUT2D eigenvalue weighted by Gasteiger charge is -2.13. The first-order chi connectivity index (χ1) is 5.70. The molecule has 72 valence electrons. The van der Waals surface area contributed by atoms with Crippen LogP contribution in [0.25, 0.3) is 0 Å². The second-order valence-electron chi connectivity index (χ2n) is 3.15. The molecule has 0 aromatic rings. The van der Waals surface area contributed by atoms with Gasteiger partial charge in [-0.1, -0.05) is 26.2 Å². The third-order valence-corrected chi connectivity index (χ3v) is 1.88. The monoisotopic (exact) mass is 171 g/mol. The molecule has 1 unspecified atom stereocenters. The normalized spacial score (nSPS) is 14.4. The van der Waals surface area contributed by atoms with Gasteiger partial charge in [0.2, 0.25) is 0 Å². The summed E-state index contributed by atoms with van der Waals surface area (Å²) in [7, 11) is 1.70. The summed E-state index contributed by atoms with van der Waals surface area (Å²) in [5, 5.41) is 3.12. The van der Waals surface area contributed by atoms with E-state index in [0.29, 0.717) is 12.0 Å². The smallest absolute Gasteiger partial charge is 0.188 e. The zero-order chi connectivity index (χ0) is 9.40. The summed E-state index contributed by atoms with van der Waals surface area (Å²) in [4.78, 5) is 3.84. The molecule has 0 aliphatic heterocycles. The standard InChI is InChI=1S/C9H21N3/c1-4-5-6-7-8(2)12-9(10)11-3/h8H,4-7H2,1-3H3,(H3,10,11,12). The Labute approximate surface area is 75.4 Å². The van der Waals surface area contributed by atoms with Crippen molar-refractivity contribution >= 4 is 5.96 Å². The Morgan fingerprint density at radius 2 is 2.17 bits per heavy atom. The predicted molar refractivity (Wildman–Crippen MR) is 54.3 cm³/mol. The van der Waals surface area contributed by atoms with Gasteiger partial charge >= 0.3 is 0 Å². The van der Waals surface area contributed by atoms with Crippen LogP contribution in [0.5, 0.6) is 0 Å². The number of unbranched alkanes of at least 4 members (excludes halogenated alkanes) is 2. The van der Waals surface area contributed by atoms with Crippen molar-refractivity contribution in [2.45, 2.75) is 45.6 Å². The van der Waals surface area contributed by atoms with Crippen molar-refractivity contribution in [1.29, 1.82) is 0 Å². The molecule has 0 bridgehead atoms. The summed E-state index contributed by atoms with van der Waals surface area (Å²) >= 11 is 0. The zero-order valence-corrected chi connectivity index (χ0v) is 8.43. The molecule has 0 saturated carbocycles. The van der Waals surface area contributed by atoms with E-state index in [9.17, 15) is 0 Å². The Bertz CT molecular complexity index is 132. The molecule has 0 radical (unpaired) electrons. The molecule has 0 amide bonds. The SMILES string of the molecule is CCCCCC(C)NC(N)=NC. The lowest BCUT2D eigenvalue weighted by Crippen LogP contribution is -2.38. The molecule has 12 heavy (non-hydrogen) atoms. The van der Waals surface area contributed by atoms with Crippen molar-refractivity contribution in [2.24, 2.45) is 10.7 Å². The quantitative estimate of drug-likeness (QED) is 0.374. The van der Waals surface area contributed by atoms with Gasteiger partial charge in [-0.3, -0.25) is 4.99 Å². The summed E-state index contributed by atoms with van der Waals surface area (Å²) in [6.07, 6.45) is 5.00. The molecule has 0 aromatic carbocycles. The van der Waals surface area contributed by atoms with Gasteiger partial charge in [0.1, 0.15) is 0 Å². The second-order valence-corrected chi connectivity index (χ2v) is 3.15. The van der Waals surface area contributed by atoms with Crippen LogP contribution in [-0.4, -0.2) is 19.0 Å². The van der Waals surface area contributed by atoms with Crippen molar-refractivity contribution in [3.05, 3.63) is 0 Å². The Morgan fingerprint density at radius 1 is 1.50 bits per heavy atom. The number of nitrogens with two attached hydrogens (primary N) is 1. The highest BCUT2D eigenvalue weighted by atomic mass is 15.1. The first kappa shape index (κ1) is 11.3. The summed E-state index contributed by atoms with van der Waals surface area (Å²) in [5.74, 6) is 0.541. The van der Waals surface area contributed by atoms with Gasteiger partial charge in [-0.25, -0.2) is 0 Å². The highest BCUT2D eigenvalue weighted by Crippen LogP contribution is 2.02. The highest BCUT2D eigenvalue weighted by Gasteiger charge is 2.00. The zero-order valence-electron chi connectivity index (χ0n) is 8.43. The minimum absolute atomic E-state index is 0.445. The lowest BCUT2D eigenvalue weighted by molar-refractivity contribution is 0.552. The molecule has 0 aliphatic rings. The maximum Gasteiger partial charge on any atom is 0.188 e. The van der Waals surface area contributed by atoms with Gasteiger partial charge < -0.3 is 11.1 Å². The van der Waals surface area contributed by atoms with E-state index in [1.807, 2.05) is 0 Å². The number of aliphatic imine (C=N–C) groups is 1. The van der Waals surface area contributed by atoms with E-state index in [2.05, 4.69) is 24.2 Å². The van der Waals surface area contributed by atoms with E-state index < -0.39 is 0 Å². The average Bonchev–Trinajstić information content (AvgIpc) is 2.05. The Hall–Kier alpha value is -0.730. The molecule has 0 fully saturated rings. The van der Waals surface area contributed by atoms with E-state index in [0.717, 1.165) is 0 Å². The third-order valence-electron chi connectivity index (χ3n) is 1.88. The van der Waals surface area contributed by atoms with Crippen LogP contribution in [0, 0.1) is 0 Å². The van der Waals surface area contributed by atoms with Crippen molar-refractivity contribution in [1.82, 2.24) is 5.32 Å². The first-order valence-corrected chi connectivity index (χ1v) is 4.69. The van der Waals surface area contributed by atoms with Crippen LogP contribution in [0.2, 0.25) is 0 Å². The summed E-state index contributed by atoms with van der Waals surface area (Å²) in [5.41, 5.74) is 5.52. The highest BCUT2D eigenvalue weighted by molar-refractivity contribution is 5.77. The van der Waals surface area contributed by atoms with Gasteiger partial charge in [0.05, 0.1) is 0 Å². The molecule has 3 nitrogen and oxygen atoms in total. The van der Waals surface area contributed by atoms with Gasteiger partial charge in [-0.2, -0.15) is 0 Å². The lowest BCUT2D eigenvalue weighted by atomic mass is 10.1. The molecule has 3 N–H and O–H groups in total. The van der Waals surface area contributed by atoms with Gasteiger partial charge in [-0.05, 0) is 13.3 Å². The fourth-order valence-corrected chi connectivity index (χ4v) is 1.09. The largest absolute Gasteiger partial charge is 0.370 e. The molecule has 0 aliphatic carbocycles. The van der Waals surface area contributed by atoms with Gasteiger partial charge in [0.25, 0.3) is 0 Å². The molecule has 1 atom stereocenters. The Kier molecular flexibility index (Phi) is 6.53. The fraction of sp³-hybridized carbons (Fsp3) is 0.889. The van der Waals surface area contributed by atoms with E-state index in [4.69, 9.17) is 5.73 Å². The molecule has 0 aromatic heterocycles. The Balaban J connectivity index is 3.39. The first-order valence-electron chi connectivity index (χ1n) is 4.69. The maximum absolute atomic E-state index is 5.52. The van der Waals surface area contributed by atoms with E-state index in [1.165, 1.54) is 25.7 Å². The van der Waals surface area contributed by atoms with E-state index in [-0.39, 0.29) is 0 Å². The molecule has 0 rings (SSSR count). The summed E-state index contributed by atoms with van der Waals surface area (Å²) in [6, 6.07) is 0.445. The number of nitrogens with one attached hydrogen (secondary N) is 1. The molecule has 0 spiro atoms. The van der Waals surface area contributed by atoms with E-state index in [1.54, 1.807) is 7.05 Å². The minimum atomic E-state index is 0.445. The van der Waals surface area contributed by atoms with Crippen molar-refractivity contribution < 1.29 is 0 Å². The minimum Gasteiger partial charge on any atom is -0.370 e. The van der Waals surface area contributed by atoms with E-state index >= 15 is 0 Å². The Morgan fingerprint density at radius 3 is 2.67 bits per heavy atom. The third kappa shape index (κ3) is 6.01. The number of guanidine groups is 1. The summed E-state index contributed by atoms with van der Waals surface area (Å²) < 4.78 is 0. The van der Waals surface area contributed by atoms with Crippen molar-refractivity contribution in [2.75, 3.05) is 7.05 Å². The van der Waals surface area contributed by atoms with Crippen LogP contribution >= 0.6 is 0 Å². The molecule has 0 saturated heterocycles. The summed E-state index contributed by atoms with van der Waals surface area (Å²) in [6.45, 7) is 4.34. The van der Waals surface area contributed by atoms with Crippen LogP contribution < -0.4 is 11.1 Å². The molecule has 3 heteroatoms. The van der Waals surface area contributed by atoms with Crippen LogP contribution in [0.4, 0.5) is 0 Å². The van der Waals surface area contributed by atoms with Gasteiger partial charge in [0, 0.05) is 13.1 Å². The second kappa shape index (κ2) is 6.95. The number of nitrogens with zero attached hydrogens (tertiary/aromatic N) is 1. The van der Waals surface area contributed by atoms with Crippen LogP contribution in [0.3, 0.4) is 0 Å². The van der Waals surface area contributed by atoms with Crippen molar-refractivity contribution in [3.8, 4) is 0 Å². The van der Waals surface area contributed by atoms with Crippen molar-refractivity contribution in [3.63, 3.8) is 0 Å². The molecular weight excluding hydrogens is 150 g/mol. The van der Waals surface area contributed by atoms with Gasteiger partial charge in [0.15, 0.2) is 5.96 Å². The topological polar surface area (TPSA) is 50.4 Å². The average molecular weight is 171 g/mol.